The summed E-state index contributed by atoms with van der Waals surface area (Å²) in [5, 5.41) is 16.2. The monoisotopic (exact) mass is 510 g/mol. The maximum Gasteiger partial charge on any atom is 0.191 e. The Labute approximate surface area is 189 Å². The molecule has 2 fully saturated rings. The van der Waals surface area contributed by atoms with Gasteiger partial charge in [-0.2, -0.15) is 0 Å². The molecule has 0 aromatic heterocycles. The molecule has 0 aromatic rings. The fraction of sp³-hybridized carbons (Fsp3) is 0.952. The van der Waals surface area contributed by atoms with Crippen LogP contribution in [-0.4, -0.2) is 74.0 Å². The van der Waals surface area contributed by atoms with Gasteiger partial charge in [-0.05, 0) is 38.5 Å². The molecule has 1 saturated heterocycles. The molecular formula is C21H43IN4O2. The van der Waals surface area contributed by atoms with Gasteiger partial charge in [0.25, 0.3) is 0 Å². The van der Waals surface area contributed by atoms with Gasteiger partial charge in [-0.15, -0.1) is 24.0 Å². The maximum absolute atomic E-state index is 9.29. The van der Waals surface area contributed by atoms with E-state index in [1.807, 2.05) is 0 Å². The number of hydrogen-bond donors (Lipinski definition) is 3. The summed E-state index contributed by atoms with van der Waals surface area (Å²) >= 11 is 0. The van der Waals surface area contributed by atoms with Crippen LogP contribution in [0.3, 0.4) is 0 Å². The predicted octanol–water partition coefficient (Wildman–Crippen LogP) is 2.99. The van der Waals surface area contributed by atoms with Crippen molar-refractivity contribution in [3.8, 4) is 0 Å². The van der Waals surface area contributed by atoms with Gasteiger partial charge in [0.05, 0.1) is 19.8 Å². The lowest BCUT2D eigenvalue weighted by Crippen LogP contribution is -2.56. The average Bonchev–Trinajstić information content (AvgIpc) is 2.71. The summed E-state index contributed by atoms with van der Waals surface area (Å²) in [5.41, 5.74) is 0.207. The number of hydrogen-bond acceptors (Lipinski definition) is 4. The Bertz CT molecular complexity index is 419. The van der Waals surface area contributed by atoms with Crippen LogP contribution in [-0.2, 0) is 4.74 Å². The van der Waals surface area contributed by atoms with Crippen molar-refractivity contribution in [1.82, 2.24) is 15.5 Å². The van der Waals surface area contributed by atoms with Crippen molar-refractivity contribution in [3.63, 3.8) is 0 Å². The number of nitrogens with zero attached hydrogens (tertiary/aromatic N) is 2. The second-order valence-corrected chi connectivity index (χ2v) is 8.13. The van der Waals surface area contributed by atoms with Gasteiger partial charge in [0.2, 0.25) is 0 Å². The molecule has 1 aliphatic heterocycles. The minimum absolute atomic E-state index is 0. The summed E-state index contributed by atoms with van der Waals surface area (Å²) < 4.78 is 5.59. The smallest absolute Gasteiger partial charge is 0.191 e. The molecule has 0 spiro atoms. The number of morpholine rings is 1. The molecule has 0 bridgehead atoms. The standard InChI is InChI=1S/C21H42N4O2.HI/c1-3-8-19(9-14-26)17-23-20(22-4-2)24-18-21(10-6-5-7-11-21)25-12-15-27-16-13-25;/h19,26H,3-18H2,1-2H3,(H2,22,23,24);1H. The number of aliphatic hydroxyl groups is 1. The van der Waals surface area contributed by atoms with Crippen LogP contribution in [0.5, 0.6) is 0 Å². The van der Waals surface area contributed by atoms with Crippen molar-refractivity contribution in [1.29, 1.82) is 0 Å². The molecule has 6 nitrogen and oxygen atoms in total. The van der Waals surface area contributed by atoms with Gasteiger partial charge < -0.3 is 20.5 Å². The lowest BCUT2D eigenvalue weighted by atomic mass is 9.80. The number of nitrogens with one attached hydrogen (secondary N) is 2. The number of rotatable bonds is 10. The van der Waals surface area contributed by atoms with E-state index in [0.717, 1.165) is 71.2 Å². The first-order chi connectivity index (χ1) is 13.2. The van der Waals surface area contributed by atoms with Crippen molar-refractivity contribution >= 4 is 29.9 Å². The van der Waals surface area contributed by atoms with E-state index in [9.17, 15) is 5.11 Å². The zero-order valence-corrected chi connectivity index (χ0v) is 20.4. The first-order valence-corrected chi connectivity index (χ1v) is 11.2. The van der Waals surface area contributed by atoms with Crippen molar-refractivity contribution in [2.45, 2.75) is 70.8 Å². The minimum Gasteiger partial charge on any atom is -0.396 e. The molecular weight excluding hydrogens is 467 g/mol. The highest BCUT2D eigenvalue weighted by Crippen LogP contribution is 2.34. The Kier molecular flexibility index (Phi) is 13.7. The zero-order chi connectivity index (χ0) is 19.4. The fourth-order valence-corrected chi connectivity index (χ4v) is 4.57. The van der Waals surface area contributed by atoms with Crippen LogP contribution in [0.4, 0.5) is 0 Å². The minimum atomic E-state index is 0. The number of halogens is 1. The Morgan fingerprint density at radius 2 is 1.82 bits per heavy atom. The third-order valence-electron chi connectivity index (χ3n) is 6.13. The topological polar surface area (TPSA) is 69.1 Å². The number of aliphatic imine (C=N–C) groups is 1. The molecule has 7 heteroatoms. The van der Waals surface area contributed by atoms with Gasteiger partial charge in [0.15, 0.2) is 5.96 Å². The van der Waals surface area contributed by atoms with Gasteiger partial charge in [0, 0.05) is 38.3 Å². The van der Waals surface area contributed by atoms with E-state index in [2.05, 4.69) is 29.4 Å². The van der Waals surface area contributed by atoms with E-state index in [1.54, 1.807) is 0 Å². The van der Waals surface area contributed by atoms with E-state index in [4.69, 9.17) is 9.73 Å². The highest BCUT2D eigenvalue weighted by atomic mass is 127. The molecule has 0 aromatic carbocycles. The Morgan fingerprint density at radius 3 is 2.43 bits per heavy atom. The van der Waals surface area contributed by atoms with Crippen LogP contribution in [0.15, 0.2) is 4.99 Å². The molecule has 166 valence electrons. The lowest BCUT2D eigenvalue weighted by Gasteiger charge is -2.47. The summed E-state index contributed by atoms with van der Waals surface area (Å²) in [5.74, 6) is 1.43. The molecule has 28 heavy (non-hydrogen) atoms. The van der Waals surface area contributed by atoms with Crippen LogP contribution in [0.1, 0.15) is 65.2 Å². The maximum atomic E-state index is 9.29. The molecule has 0 radical (unpaired) electrons. The summed E-state index contributed by atoms with van der Waals surface area (Å²) in [6.45, 7) is 11.0. The molecule has 1 saturated carbocycles. The Hall–Kier alpha value is -0.120. The first-order valence-electron chi connectivity index (χ1n) is 11.2. The quantitative estimate of drug-likeness (QED) is 0.240. The van der Waals surface area contributed by atoms with Crippen LogP contribution in [0.2, 0.25) is 0 Å². The average molecular weight is 511 g/mol. The molecule has 1 heterocycles. The van der Waals surface area contributed by atoms with Gasteiger partial charge in [-0.1, -0.05) is 32.6 Å². The number of aliphatic hydroxyl groups excluding tert-OH is 1. The van der Waals surface area contributed by atoms with Crippen molar-refractivity contribution in [2.24, 2.45) is 10.9 Å². The zero-order valence-electron chi connectivity index (χ0n) is 18.0. The van der Waals surface area contributed by atoms with Crippen LogP contribution >= 0.6 is 24.0 Å². The third-order valence-corrected chi connectivity index (χ3v) is 6.13. The molecule has 3 N–H and O–H groups in total. The van der Waals surface area contributed by atoms with Gasteiger partial charge in [0.1, 0.15) is 0 Å². The second-order valence-electron chi connectivity index (χ2n) is 8.13. The first kappa shape index (κ1) is 25.9. The molecule has 2 rings (SSSR count). The highest BCUT2D eigenvalue weighted by Gasteiger charge is 2.38. The van der Waals surface area contributed by atoms with Gasteiger partial charge in [-0.3, -0.25) is 9.89 Å². The van der Waals surface area contributed by atoms with Crippen molar-refractivity contribution in [3.05, 3.63) is 0 Å². The van der Waals surface area contributed by atoms with Gasteiger partial charge >= 0.3 is 0 Å². The normalized spacial score (nSPS) is 21.6. The summed E-state index contributed by atoms with van der Waals surface area (Å²) in [6, 6.07) is 0. The second kappa shape index (κ2) is 14.8. The van der Waals surface area contributed by atoms with E-state index in [0.29, 0.717) is 5.92 Å². The van der Waals surface area contributed by atoms with Crippen molar-refractivity contribution < 1.29 is 9.84 Å². The lowest BCUT2D eigenvalue weighted by molar-refractivity contribution is -0.0333. The van der Waals surface area contributed by atoms with Crippen LogP contribution < -0.4 is 10.6 Å². The number of ether oxygens (including phenoxy) is 1. The van der Waals surface area contributed by atoms with Crippen molar-refractivity contribution in [2.75, 3.05) is 52.5 Å². The predicted molar refractivity (Wildman–Crippen MR) is 128 cm³/mol. The molecule has 1 unspecified atom stereocenters. The largest absolute Gasteiger partial charge is 0.396 e. The summed E-state index contributed by atoms with van der Waals surface area (Å²) in [6.07, 6.45) is 9.63. The molecule has 1 atom stereocenters. The van der Waals surface area contributed by atoms with E-state index in [-0.39, 0.29) is 36.1 Å². The molecule has 1 aliphatic carbocycles. The summed E-state index contributed by atoms with van der Waals surface area (Å²) in [4.78, 5) is 7.67. The Balaban J connectivity index is 0.00000392. The fourth-order valence-electron chi connectivity index (χ4n) is 4.57. The van der Waals surface area contributed by atoms with Gasteiger partial charge in [-0.25, -0.2) is 0 Å². The highest BCUT2D eigenvalue weighted by molar-refractivity contribution is 14.0. The van der Waals surface area contributed by atoms with Crippen LogP contribution in [0.25, 0.3) is 0 Å². The molecule has 2 aliphatic rings. The summed E-state index contributed by atoms with van der Waals surface area (Å²) in [7, 11) is 0. The van der Waals surface area contributed by atoms with E-state index < -0.39 is 0 Å². The number of guanidine groups is 1. The Morgan fingerprint density at radius 1 is 1.11 bits per heavy atom. The van der Waals surface area contributed by atoms with E-state index in [1.165, 1.54) is 32.1 Å². The third kappa shape index (κ3) is 8.32. The molecule has 0 amide bonds. The van der Waals surface area contributed by atoms with Crippen LogP contribution in [0, 0.1) is 5.92 Å². The van der Waals surface area contributed by atoms with E-state index >= 15 is 0 Å². The SMILES string of the molecule is CCCC(CCO)CNC(=NCC1(N2CCOCC2)CCCCC1)NCC.I.